The highest BCUT2D eigenvalue weighted by Crippen LogP contribution is 2.27. The van der Waals surface area contributed by atoms with E-state index in [1.807, 2.05) is 0 Å². The molecule has 0 radical (unpaired) electrons. The van der Waals surface area contributed by atoms with E-state index in [-0.39, 0.29) is 36.9 Å². The van der Waals surface area contributed by atoms with Crippen molar-refractivity contribution in [3.63, 3.8) is 0 Å². The van der Waals surface area contributed by atoms with Gasteiger partial charge >= 0.3 is 5.69 Å². The van der Waals surface area contributed by atoms with Gasteiger partial charge in [0, 0.05) is 12.6 Å². The molecule has 0 spiro atoms. The predicted molar refractivity (Wildman–Crippen MR) is 66.2 cm³/mol. The number of hydrogen-bond donors (Lipinski definition) is 4. The molecule has 2 heterocycles. The van der Waals surface area contributed by atoms with E-state index in [1.165, 1.54) is 6.20 Å². The Hall–Kier alpha value is -1.35. The molecule has 0 aliphatic carbocycles. The second-order valence-electron chi connectivity index (χ2n) is 3.89. The van der Waals surface area contributed by atoms with E-state index in [2.05, 4.69) is 4.98 Å². The van der Waals surface area contributed by atoms with Crippen molar-refractivity contribution in [1.29, 1.82) is 0 Å². The van der Waals surface area contributed by atoms with Crippen LogP contribution in [0, 0.1) is 0 Å². The van der Waals surface area contributed by atoms with Crippen LogP contribution in [0.15, 0.2) is 11.0 Å². The fourth-order valence-electron chi connectivity index (χ4n) is 1.75. The third-order valence-corrected chi connectivity index (χ3v) is 2.71. The van der Waals surface area contributed by atoms with Gasteiger partial charge in [-0.15, -0.1) is 12.4 Å². The first-order valence-electron chi connectivity index (χ1n) is 5.11. The van der Waals surface area contributed by atoms with Gasteiger partial charge in [0.25, 0.3) is 0 Å². The Balaban J connectivity index is 0.00000162. The van der Waals surface area contributed by atoms with Crippen molar-refractivity contribution in [1.82, 2.24) is 9.55 Å². The van der Waals surface area contributed by atoms with Crippen LogP contribution in [0.25, 0.3) is 0 Å². The summed E-state index contributed by atoms with van der Waals surface area (Å²) in [6.45, 7) is -0.315. The van der Waals surface area contributed by atoms with E-state index < -0.39 is 24.1 Å². The molecule has 0 aromatic carbocycles. The molecule has 0 amide bonds. The fourth-order valence-corrected chi connectivity index (χ4v) is 1.75. The number of halogens is 1. The van der Waals surface area contributed by atoms with Gasteiger partial charge in [0.05, 0.1) is 18.4 Å². The van der Waals surface area contributed by atoms with Crippen LogP contribution in [0.4, 0.5) is 11.5 Å². The Morgan fingerprint density at radius 2 is 2.22 bits per heavy atom. The molecule has 8 nitrogen and oxygen atoms in total. The molecule has 1 saturated heterocycles. The molecule has 102 valence electrons. The Labute approximate surface area is 109 Å². The molecular formula is C9H15ClN4O4. The van der Waals surface area contributed by atoms with Crippen molar-refractivity contribution < 1.29 is 14.9 Å². The van der Waals surface area contributed by atoms with E-state index in [0.717, 1.165) is 4.57 Å². The minimum Gasteiger partial charge on any atom is -0.395 e. The van der Waals surface area contributed by atoms with Crippen LogP contribution in [0.3, 0.4) is 0 Å². The second-order valence-corrected chi connectivity index (χ2v) is 3.89. The normalized spacial score (nSPS) is 26.9. The van der Waals surface area contributed by atoms with Crippen molar-refractivity contribution in [2.45, 2.75) is 24.9 Å². The molecule has 1 aromatic rings. The number of aliphatic hydroxyl groups is 2. The molecule has 1 aliphatic rings. The average Bonchev–Trinajstić information content (AvgIpc) is 2.65. The summed E-state index contributed by atoms with van der Waals surface area (Å²) in [5.41, 5.74) is 10.5. The third-order valence-electron chi connectivity index (χ3n) is 2.71. The number of nitrogen functional groups attached to an aromatic ring is 2. The van der Waals surface area contributed by atoms with Gasteiger partial charge in [-0.3, -0.25) is 4.57 Å². The molecule has 3 atom stereocenters. The predicted octanol–water partition coefficient (Wildman–Crippen LogP) is -1.53. The summed E-state index contributed by atoms with van der Waals surface area (Å²) < 4.78 is 6.47. The van der Waals surface area contributed by atoms with Crippen LogP contribution in [0.5, 0.6) is 0 Å². The lowest BCUT2D eigenvalue weighted by Crippen LogP contribution is -2.28. The molecule has 2 rings (SSSR count). The number of nitrogens with zero attached hydrogens (tertiary/aromatic N) is 2. The fraction of sp³-hybridized carbons (Fsp3) is 0.556. The van der Waals surface area contributed by atoms with Crippen molar-refractivity contribution in [2.75, 3.05) is 18.1 Å². The van der Waals surface area contributed by atoms with Gasteiger partial charge in [0.2, 0.25) is 0 Å². The highest BCUT2D eigenvalue weighted by molar-refractivity contribution is 5.85. The third kappa shape index (κ3) is 2.56. The highest BCUT2D eigenvalue weighted by Gasteiger charge is 2.35. The monoisotopic (exact) mass is 278 g/mol. The Morgan fingerprint density at radius 3 is 2.78 bits per heavy atom. The van der Waals surface area contributed by atoms with Gasteiger partial charge in [-0.2, -0.15) is 4.98 Å². The number of hydrogen-bond acceptors (Lipinski definition) is 7. The van der Waals surface area contributed by atoms with Crippen LogP contribution < -0.4 is 17.2 Å². The first kappa shape index (κ1) is 14.7. The van der Waals surface area contributed by atoms with Gasteiger partial charge in [-0.05, 0) is 0 Å². The first-order valence-corrected chi connectivity index (χ1v) is 5.11. The summed E-state index contributed by atoms with van der Waals surface area (Å²) in [6.07, 6.45) is -0.704. The molecule has 1 aliphatic heterocycles. The van der Waals surface area contributed by atoms with E-state index in [4.69, 9.17) is 21.3 Å². The maximum atomic E-state index is 11.6. The number of rotatable bonds is 2. The molecule has 0 saturated carbocycles. The minimum atomic E-state index is -0.823. The number of aliphatic hydroxyl groups excluding tert-OH is 2. The maximum Gasteiger partial charge on any atom is 0.351 e. The van der Waals surface area contributed by atoms with Crippen molar-refractivity contribution in [3.8, 4) is 0 Å². The summed E-state index contributed by atoms with van der Waals surface area (Å²) in [6, 6.07) is 0. The van der Waals surface area contributed by atoms with Crippen LogP contribution in [-0.4, -0.2) is 38.6 Å². The maximum absolute atomic E-state index is 11.6. The smallest absolute Gasteiger partial charge is 0.351 e. The molecule has 0 unspecified atom stereocenters. The zero-order chi connectivity index (χ0) is 12.6. The Kier molecular flexibility index (Phi) is 4.52. The molecule has 6 N–H and O–H groups in total. The average molecular weight is 279 g/mol. The Bertz CT molecular complexity index is 480. The number of ether oxygens (including phenoxy) is 1. The number of nitrogens with two attached hydrogens (primary N) is 2. The Morgan fingerprint density at radius 1 is 1.56 bits per heavy atom. The van der Waals surface area contributed by atoms with Crippen LogP contribution in [0.2, 0.25) is 0 Å². The van der Waals surface area contributed by atoms with Crippen LogP contribution >= 0.6 is 12.4 Å². The van der Waals surface area contributed by atoms with E-state index in [1.54, 1.807) is 0 Å². The van der Waals surface area contributed by atoms with Crippen LogP contribution in [0.1, 0.15) is 12.6 Å². The summed E-state index contributed by atoms with van der Waals surface area (Å²) in [5.74, 6) is -0.0384. The first-order chi connectivity index (χ1) is 8.02. The van der Waals surface area contributed by atoms with Gasteiger partial charge in [0.15, 0.2) is 5.82 Å². The highest BCUT2D eigenvalue weighted by atomic mass is 35.5. The SMILES string of the molecule is Cl.Nc1cn([C@H]2C[C@H](O)[C@@H](CO)O2)c(=O)nc1N. The lowest BCUT2D eigenvalue weighted by atomic mass is 10.2. The van der Waals surface area contributed by atoms with Crippen molar-refractivity contribution >= 4 is 23.9 Å². The molecule has 18 heavy (non-hydrogen) atoms. The largest absolute Gasteiger partial charge is 0.395 e. The molecule has 1 aromatic heterocycles. The van der Waals surface area contributed by atoms with Gasteiger partial charge in [-0.1, -0.05) is 0 Å². The lowest BCUT2D eigenvalue weighted by Gasteiger charge is -2.14. The molecule has 9 heteroatoms. The topological polar surface area (TPSA) is 137 Å². The standard InChI is InChI=1S/C9H14N4O4.ClH/c10-4-2-13(9(16)12-8(4)11)7-1-5(15)6(3-14)17-7;/h2,5-7,14-15H,1,3,10H2,(H2,11,12,16);1H/t5-,6+,7+;/m0./s1. The van der Waals surface area contributed by atoms with E-state index >= 15 is 0 Å². The van der Waals surface area contributed by atoms with Crippen molar-refractivity contribution in [2.24, 2.45) is 0 Å². The van der Waals surface area contributed by atoms with E-state index in [0.29, 0.717) is 0 Å². The number of aromatic nitrogens is 2. The minimum absolute atomic E-state index is 0. The van der Waals surface area contributed by atoms with E-state index in [9.17, 15) is 9.90 Å². The summed E-state index contributed by atoms with van der Waals surface area (Å²) in [7, 11) is 0. The summed E-state index contributed by atoms with van der Waals surface area (Å²) >= 11 is 0. The molecule has 0 bridgehead atoms. The zero-order valence-electron chi connectivity index (χ0n) is 9.39. The van der Waals surface area contributed by atoms with Gasteiger partial charge in [-0.25, -0.2) is 4.79 Å². The summed E-state index contributed by atoms with van der Waals surface area (Å²) in [4.78, 5) is 15.1. The number of anilines is 2. The molecule has 1 fully saturated rings. The molecular weight excluding hydrogens is 264 g/mol. The lowest BCUT2D eigenvalue weighted by molar-refractivity contribution is -0.0458. The quantitative estimate of drug-likeness (QED) is 0.515. The second kappa shape index (κ2) is 5.53. The van der Waals surface area contributed by atoms with Crippen LogP contribution in [-0.2, 0) is 4.74 Å². The van der Waals surface area contributed by atoms with Crippen molar-refractivity contribution in [3.05, 3.63) is 16.7 Å². The zero-order valence-corrected chi connectivity index (χ0v) is 10.2. The summed E-state index contributed by atoms with van der Waals surface area (Å²) in [5, 5.41) is 18.5. The van der Waals surface area contributed by atoms with Gasteiger partial charge in [0.1, 0.15) is 12.3 Å². The van der Waals surface area contributed by atoms with Gasteiger partial charge < -0.3 is 26.4 Å².